The summed E-state index contributed by atoms with van der Waals surface area (Å²) in [6.07, 6.45) is 1.87. The maximum Gasteiger partial charge on any atom is 0.224 e. The summed E-state index contributed by atoms with van der Waals surface area (Å²) in [6, 6.07) is 5.64. The Balaban J connectivity index is 1.94. The Morgan fingerprint density at radius 3 is 2.95 bits per heavy atom. The van der Waals surface area contributed by atoms with Crippen LogP contribution in [-0.4, -0.2) is 23.6 Å². The summed E-state index contributed by atoms with van der Waals surface area (Å²) in [5.41, 5.74) is 7.16. The van der Waals surface area contributed by atoms with E-state index >= 15 is 0 Å². The zero-order chi connectivity index (χ0) is 15.5. The summed E-state index contributed by atoms with van der Waals surface area (Å²) in [5, 5.41) is 14.6. The van der Waals surface area contributed by atoms with Crippen molar-refractivity contribution in [1.29, 1.82) is 0 Å². The van der Waals surface area contributed by atoms with Gasteiger partial charge in [-0.2, -0.15) is 0 Å². The Hall–Kier alpha value is -2.24. The van der Waals surface area contributed by atoms with Crippen molar-refractivity contribution < 1.29 is 14.7 Å². The molecule has 0 aromatic heterocycles. The van der Waals surface area contributed by atoms with Crippen LogP contribution in [-0.2, 0) is 11.2 Å². The number of fused-ring (bicyclic) bond motifs is 1. The Morgan fingerprint density at radius 1 is 1.48 bits per heavy atom. The molecule has 114 valence electrons. The van der Waals surface area contributed by atoms with Gasteiger partial charge in [0.05, 0.1) is 6.61 Å². The van der Waals surface area contributed by atoms with Crippen LogP contribution >= 0.6 is 0 Å². The van der Waals surface area contributed by atoms with Gasteiger partial charge < -0.3 is 21.0 Å². The summed E-state index contributed by atoms with van der Waals surface area (Å²) in [5.74, 6) is 1.01. The van der Waals surface area contributed by atoms with E-state index in [0.29, 0.717) is 19.4 Å². The number of hydrogen-bond donors (Lipinski definition) is 3. The Bertz CT molecular complexity index is 567. The van der Waals surface area contributed by atoms with Crippen LogP contribution in [0.5, 0.6) is 5.75 Å². The molecule has 0 fully saturated rings. The molecule has 1 aromatic rings. The van der Waals surface area contributed by atoms with Crippen molar-refractivity contribution in [3.05, 3.63) is 23.8 Å². The van der Waals surface area contributed by atoms with Crippen LogP contribution in [0, 0.1) is 5.41 Å². The zero-order valence-electron chi connectivity index (χ0n) is 12.3. The third-order valence-corrected chi connectivity index (χ3v) is 3.77. The minimum absolute atomic E-state index is 0.0525. The highest BCUT2D eigenvalue weighted by Crippen LogP contribution is 2.27. The van der Waals surface area contributed by atoms with Crippen molar-refractivity contribution >= 4 is 17.4 Å². The van der Waals surface area contributed by atoms with Crippen molar-refractivity contribution in [3.8, 4) is 5.75 Å². The van der Waals surface area contributed by atoms with Crippen LogP contribution in [0.4, 0.5) is 5.69 Å². The lowest BCUT2D eigenvalue weighted by Gasteiger charge is -2.23. The van der Waals surface area contributed by atoms with Crippen molar-refractivity contribution in [2.75, 3.05) is 11.9 Å². The number of benzene rings is 1. The minimum Gasteiger partial charge on any atom is -0.494 e. The van der Waals surface area contributed by atoms with E-state index in [9.17, 15) is 4.79 Å². The first-order valence-corrected chi connectivity index (χ1v) is 6.96. The maximum atomic E-state index is 11.3. The van der Waals surface area contributed by atoms with E-state index in [-0.39, 0.29) is 11.7 Å². The first-order valence-electron chi connectivity index (χ1n) is 6.96. The topological polar surface area (TPSA) is 96.9 Å². The second-order valence-corrected chi connectivity index (χ2v) is 5.83. The number of carbonyl (C=O) groups excluding carboxylic acids is 1. The molecule has 1 heterocycles. The highest BCUT2D eigenvalue weighted by atomic mass is 16.5. The zero-order valence-corrected chi connectivity index (χ0v) is 12.3. The van der Waals surface area contributed by atoms with E-state index in [4.69, 9.17) is 15.7 Å². The largest absolute Gasteiger partial charge is 0.494 e. The molecule has 1 aromatic carbocycles. The standard InChI is InChI=1S/C15H21N3O3/c1-15(2,14(16)18-20)7-8-21-11-4-5-12-10(9-11)3-6-13(19)17-12/h4-5,9,20H,3,6-8H2,1-2H3,(H2,16,18)(H,17,19). The van der Waals surface area contributed by atoms with Gasteiger partial charge in [0, 0.05) is 17.5 Å². The number of anilines is 1. The molecule has 0 saturated heterocycles. The molecule has 0 saturated carbocycles. The molecular weight excluding hydrogens is 270 g/mol. The third-order valence-electron chi connectivity index (χ3n) is 3.77. The molecule has 0 atom stereocenters. The van der Waals surface area contributed by atoms with Crippen molar-refractivity contribution in [1.82, 2.24) is 0 Å². The molecule has 0 unspecified atom stereocenters. The van der Waals surface area contributed by atoms with Gasteiger partial charge in [-0.05, 0) is 36.6 Å². The number of nitrogens with one attached hydrogen (secondary N) is 1. The van der Waals surface area contributed by atoms with Crippen LogP contribution in [0.1, 0.15) is 32.3 Å². The van der Waals surface area contributed by atoms with Crippen LogP contribution in [0.15, 0.2) is 23.4 Å². The normalized spacial score (nSPS) is 15.3. The monoisotopic (exact) mass is 291 g/mol. The van der Waals surface area contributed by atoms with Gasteiger partial charge in [-0.1, -0.05) is 19.0 Å². The number of rotatable bonds is 5. The van der Waals surface area contributed by atoms with E-state index < -0.39 is 5.41 Å². The summed E-state index contributed by atoms with van der Waals surface area (Å²) >= 11 is 0. The van der Waals surface area contributed by atoms with Crippen molar-refractivity contribution in [3.63, 3.8) is 0 Å². The van der Waals surface area contributed by atoms with Crippen molar-refractivity contribution in [2.24, 2.45) is 16.3 Å². The van der Waals surface area contributed by atoms with Gasteiger partial charge in [0.1, 0.15) is 11.6 Å². The maximum absolute atomic E-state index is 11.3. The van der Waals surface area contributed by atoms with Gasteiger partial charge in [-0.3, -0.25) is 4.79 Å². The number of amidine groups is 1. The number of aryl methyl sites for hydroxylation is 1. The van der Waals surface area contributed by atoms with E-state index in [1.807, 2.05) is 32.0 Å². The second-order valence-electron chi connectivity index (χ2n) is 5.83. The van der Waals surface area contributed by atoms with Crippen LogP contribution in [0.3, 0.4) is 0 Å². The third kappa shape index (κ3) is 3.65. The number of carbonyl (C=O) groups is 1. The number of nitrogens with two attached hydrogens (primary N) is 1. The average molecular weight is 291 g/mol. The Kier molecular flexibility index (Phi) is 4.35. The fourth-order valence-electron chi connectivity index (χ4n) is 2.14. The molecule has 0 spiro atoms. The summed E-state index contributed by atoms with van der Waals surface area (Å²) in [6.45, 7) is 4.26. The molecule has 6 heteroatoms. The van der Waals surface area contributed by atoms with Gasteiger partial charge in [0.25, 0.3) is 0 Å². The molecule has 0 aliphatic carbocycles. The van der Waals surface area contributed by atoms with Crippen LogP contribution in [0.2, 0.25) is 0 Å². The number of hydrogen-bond acceptors (Lipinski definition) is 4. The van der Waals surface area contributed by atoms with Gasteiger partial charge in [0.15, 0.2) is 0 Å². The molecule has 1 aliphatic heterocycles. The van der Waals surface area contributed by atoms with E-state index in [0.717, 1.165) is 23.4 Å². The average Bonchev–Trinajstić information content (AvgIpc) is 2.46. The lowest BCUT2D eigenvalue weighted by atomic mass is 9.88. The predicted octanol–water partition coefficient (Wildman–Crippen LogP) is 2.11. The molecule has 1 aliphatic rings. The Labute approximate surface area is 124 Å². The Morgan fingerprint density at radius 2 is 2.24 bits per heavy atom. The molecule has 0 bridgehead atoms. The van der Waals surface area contributed by atoms with Crippen molar-refractivity contribution in [2.45, 2.75) is 33.1 Å². The summed E-state index contributed by atoms with van der Waals surface area (Å²) in [7, 11) is 0. The van der Waals surface area contributed by atoms with Crippen LogP contribution in [0.25, 0.3) is 0 Å². The van der Waals surface area contributed by atoms with E-state index in [1.54, 1.807) is 0 Å². The molecule has 21 heavy (non-hydrogen) atoms. The highest BCUT2D eigenvalue weighted by Gasteiger charge is 2.23. The molecular formula is C15H21N3O3. The van der Waals surface area contributed by atoms with Gasteiger partial charge >= 0.3 is 0 Å². The lowest BCUT2D eigenvalue weighted by Crippen LogP contribution is -2.33. The predicted molar refractivity (Wildman–Crippen MR) is 80.7 cm³/mol. The van der Waals surface area contributed by atoms with Gasteiger partial charge in [0.2, 0.25) is 5.91 Å². The quantitative estimate of drug-likeness (QED) is 0.335. The molecule has 0 radical (unpaired) electrons. The van der Waals surface area contributed by atoms with Crippen LogP contribution < -0.4 is 15.8 Å². The fourth-order valence-corrected chi connectivity index (χ4v) is 2.14. The minimum atomic E-state index is -0.420. The summed E-state index contributed by atoms with van der Waals surface area (Å²) < 4.78 is 5.72. The second kappa shape index (κ2) is 6.03. The first kappa shape index (κ1) is 15.2. The van der Waals surface area contributed by atoms with Gasteiger partial charge in [-0.15, -0.1) is 0 Å². The van der Waals surface area contributed by atoms with Gasteiger partial charge in [-0.25, -0.2) is 0 Å². The summed E-state index contributed by atoms with van der Waals surface area (Å²) in [4.78, 5) is 11.3. The molecule has 2 rings (SSSR count). The number of nitrogens with zero attached hydrogens (tertiary/aromatic N) is 1. The first-order chi connectivity index (χ1) is 9.92. The number of oxime groups is 1. The number of ether oxygens (including phenoxy) is 1. The molecule has 6 nitrogen and oxygen atoms in total. The molecule has 4 N–H and O–H groups in total. The van der Waals surface area contributed by atoms with E-state index in [2.05, 4.69) is 10.5 Å². The fraction of sp³-hybridized carbons (Fsp3) is 0.467. The molecule has 1 amide bonds. The number of amides is 1. The lowest BCUT2D eigenvalue weighted by molar-refractivity contribution is -0.116. The SMILES string of the molecule is CC(C)(CCOc1ccc2c(c1)CCC(=O)N2)C(N)=NO. The smallest absolute Gasteiger partial charge is 0.224 e. The highest BCUT2D eigenvalue weighted by molar-refractivity contribution is 5.94. The van der Waals surface area contributed by atoms with E-state index in [1.165, 1.54) is 0 Å².